The summed E-state index contributed by atoms with van der Waals surface area (Å²) in [5.41, 5.74) is 5.77. The van der Waals surface area contributed by atoms with E-state index in [4.69, 9.17) is 0 Å². The van der Waals surface area contributed by atoms with Crippen molar-refractivity contribution in [1.82, 2.24) is 9.99 Å². The number of thiazole rings is 1. The largest absolute Gasteiger partial charge is 0.318 e. The van der Waals surface area contributed by atoms with Crippen molar-refractivity contribution < 1.29 is 0 Å². The van der Waals surface area contributed by atoms with E-state index in [2.05, 4.69) is 52.5 Å². The average molecular weight is 273 g/mol. The number of hydrogen-bond acceptors (Lipinski definition) is 3. The molecule has 0 atom stereocenters. The Morgan fingerprint density at radius 3 is 3.00 bits per heavy atom. The van der Waals surface area contributed by atoms with Crippen molar-refractivity contribution >= 4 is 21.6 Å². The molecule has 3 rings (SSSR count). The van der Waals surface area contributed by atoms with E-state index in [1.807, 2.05) is 0 Å². The Labute approximate surface area is 117 Å². The van der Waals surface area contributed by atoms with Crippen LogP contribution in [0.2, 0.25) is 0 Å². The van der Waals surface area contributed by atoms with Crippen molar-refractivity contribution in [3.05, 3.63) is 40.8 Å². The van der Waals surface area contributed by atoms with Gasteiger partial charge in [0.25, 0.3) is 0 Å². The molecule has 19 heavy (non-hydrogen) atoms. The SMILES string of the molecule is Cn1/c(=N/NC2=CCCCCC2)sc2ccccc21. The minimum atomic E-state index is 1.02. The molecule has 0 radical (unpaired) electrons. The average Bonchev–Trinajstić information content (AvgIpc) is 2.63. The highest BCUT2D eigenvalue weighted by Crippen LogP contribution is 2.16. The number of aromatic nitrogens is 1. The number of aryl methyl sites for hydroxylation is 1. The maximum Gasteiger partial charge on any atom is 0.208 e. The van der Waals surface area contributed by atoms with Crippen LogP contribution in [0.25, 0.3) is 10.2 Å². The molecule has 1 aromatic heterocycles. The Morgan fingerprint density at radius 2 is 2.11 bits per heavy atom. The lowest BCUT2D eigenvalue weighted by Crippen LogP contribution is -2.16. The molecule has 0 saturated carbocycles. The van der Waals surface area contributed by atoms with Gasteiger partial charge in [-0.05, 0) is 37.8 Å². The van der Waals surface area contributed by atoms with E-state index in [-0.39, 0.29) is 0 Å². The second-order valence-electron chi connectivity index (χ2n) is 4.96. The molecule has 3 nitrogen and oxygen atoms in total. The van der Waals surface area contributed by atoms with Crippen LogP contribution in [-0.2, 0) is 7.05 Å². The van der Waals surface area contributed by atoms with E-state index in [1.165, 1.54) is 41.6 Å². The molecule has 0 aliphatic heterocycles. The van der Waals surface area contributed by atoms with E-state index in [1.54, 1.807) is 11.3 Å². The van der Waals surface area contributed by atoms with Crippen molar-refractivity contribution in [2.24, 2.45) is 12.1 Å². The van der Waals surface area contributed by atoms with Gasteiger partial charge in [-0.3, -0.25) is 5.43 Å². The van der Waals surface area contributed by atoms with E-state index in [0.717, 1.165) is 11.2 Å². The predicted molar refractivity (Wildman–Crippen MR) is 80.7 cm³/mol. The van der Waals surface area contributed by atoms with Crippen molar-refractivity contribution in [2.75, 3.05) is 0 Å². The predicted octanol–water partition coefficient (Wildman–Crippen LogP) is 3.49. The number of para-hydroxylation sites is 1. The molecule has 1 heterocycles. The molecule has 0 spiro atoms. The van der Waals surface area contributed by atoms with E-state index >= 15 is 0 Å². The third kappa shape index (κ3) is 2.73. The number of nitrogens with zero attached hydrogens (tertiary/aromatic N) is 2. The monoisotopic (exact) mass is 273 g/mol. The number of nitrogens with one attached hydrogen (secondary N) is 1. The molecule has 0 saturated heterocycles. The Hall–Kier alpha value is -1.55. The highest BCUT2D eigenvalue weighted by atomic mass is 32.1. The maximum absolute atomic E-state index is 4.57. The van der Waals surface area contributed by atoms with Crippen LogP contribution in [0.3, 0.4) is 0 Å². The molecule has 1 aromatic carbocycles. The fourth-order valence-corrected chi connectivity index (χ4v) is 3.40. The first-order valence-corrected chi connectivity index (χ1v) is 7.69. The minimum absolute atomic E-state index is 1.02. The van der Waals surface area contributed by atoms with Crippen LogP contribution in [-0.4, -0.2) is 4.57 Å². The van der Waals surface area contributed by atoms with Gasteiger partial charge in [-0.2, -0.15) is 0 Å². The van der Waals surface area contributed by atoms with Gasteiger partial charge in [0.05, 0.1) is 10.2 Å². The van der Waals surface area contributed by atoms with Gasteiger partial charge < -0.3 is 4.57 Å². The summed E-state index contributed by atoms with van der Waals surface area (Å²) >= 11 is 1.72. The Bertz CT molecular complexity index is 663. The number of rotatable bonds is 2. The highest BCUT2D eigenvalue weighted by Gasteiger charge is 2.03. The van der Waals surface area contributed by atoms with Gasteiger partial charge in [-0.15, -0.1) is 5.10 Å². The van der Waals surface area contributed by atoms with Crippen LogP contribution in [0.1, 0.15) is 32.1 Å². The zero-order valence-electron chi connectivity index (χ0n) is 11.2. The summed E-state index contributed by atoms with van der Waals surface area (Å²) in [6.45, 7) is 0. The molecule has 2 aromatic rings. The third-order valence-corrected chi connectivity index (χ3v) is 4.66. The van der Waals surface area contributed by atoms with Gasteiger partial charge in [0, 0.05) is 12.7 Å². The van der Waals surface area contributed by atoms with Crippen LogP contribution in [0, 0.1) is 0 Å². The minimum Gasteiger partial charge on any atom is -0.318 e. The van der Waals surface area contributed by atoms with E-state index < -0.39 is 0 Å². The van der Waals surface area contributed by atoms with Gasteiger partial charge >= 0.3 is 0 Å². The van der Waals surface area contributed by atoms with Crippen molar-refractivity contribution in [2.45, 2.75) is 32.1 Å². The van der Waals surface area contributed by atoms with Gasteiger partial charge in [-0.25, -0.2) is 0 Å². The lowest BCUT2D eigenvalue weighted by molar-refractivity contribution is 0.683. The molecule has 1 aliphatic rings. The van der Waals surface area contributed by atoms with E-state index in [0.29, 0.717) is 0 Å². The normalized spacial score (nSPS) is 17.3. The fourth-order valence-electron chi connectivity index (χ4n) is 2.42. The smallest absolute Gasteiger partial charge is 0.208 e. The van der Waals surface area contributed by atoms with E-state index in [9.17, 15) is 0 Å². The molecular weight excluding hydrogens is 254 g/mol. The van der Waals surface area contributed by atoms with Crippen LogP contribution < -0.4 is 10.2 Å². The molecule has 4 heteroatoms. The van der Waals surface area contributed by atoms with Crippen LogP contribution >= 0.6 is 11.3 Å². The quantitative estimate of drug-likeness (QED) is 0.834. The van der Waals surface area contributed by atoms with Crippen LogP contribution in [0.4, 0.5) is 0 Å². The molecule has 0 bridgehead atoms. The summed E-state index contributed by atoms with van der Waals surface area (Å²) in [6, 6.07) is 8.42. The van der Waals surface area contributed by atoms with Crippen molar-refractivity contribution in [3.8, 4) is 0 Å². The summed E-state index contributed by atoms with van der Waals surface area (Å²) in [5.74, 6) is 0. The summed E-state index contributed by atoms with van der Waals surface area (Å²) < 4.78 is 3.42. The summed E-state index contributed by atoms with van der Waals surface area (Å²) in [6.07, 6.45) is 8.51. The molecule has 1 N–H and O–H groups in total. The van der Waals surface area contributed by atoms with Crippen molar-refractivity contribution in [1.29, 1.82) is 0 Å². The first kappa shape index (κ1) is 12.5. The zero-order valence-corrected chi connectivity index (χ0v) is 12.0. The lowest BCUT2D eigenvalue weighted by Gasteiger charge is -2.03. The standard InChI is InChI=1S/C15H19N3S/c1-18-13-10-6-7-11-14(13)19-15(18)17-16-12-8-4-2-3-5-9-12/h6-8,10-11,16H,2-5,9H2,1H3/b17-15-. The first-order chi connectivity index (χ1) is 9.34. The topological polar surface area (TPSA) is 29.3 Å². The number of fused-ring (bicyclic) bond motifs is 1. The van der Waals surface area contributed by atoms with Gasteiger partial charge in [0.15, 0.2) is 0 Å². The molecule has 0 amide bonds. The Morgan fingerprint density at radius 1 is 1.21 bits per heavy atom. The Kier molecular flexibility index (Phi) is 3.69. The first-order valence-electron chi connectivity index (χ1n) is 6.88. The zero-order chi connectivity index (χ0) is 13.1. The van der Waals surface area contributed by atoms with Gasteiger partial charge in [-0.1, -0.05) is 36.0 Å². The van der Waals surface area contributed by atoms with Gasteiger partial charge in [0.1, 0.15) is 0 Å². The molecule has 1 aliphatic carbocycles. The summed E-state index contributed by atoms with van der Waals surface area (Å²) in [7, 11) is 2.07. The molecule has 0 fully saturated rings. The number of allylic oxidation sites excluding steroid dienone is 2. The summed E-state index contributed by atoms with van der Waals surface area (Å²) in [4.78, 5) is 1.02. The second-order valence-corrected chi connectivity index (χ2v) is 5.97. The number of hydrogen-bond donors (Lipinski definition) is 1. The highest BCUT2D eigenvalue weighted by molar-refractivity contribution is 7.16. The fraction of sp³-hybridized carbons (Fsp3) is 0.400. The summed E-state index contributed by atoms with van der Waals surface area (Å²) in [5, 5.41) is 4.57. The third-order valence-electron chi connectivity index (χ3n) is 3.55. The van der Waals surface area contributed by atoms with Crippen LogP contribution in [0.15, 0.2) is 41.1 Å². The maximum atomic E-state index is 4.57. The molecule has 0 unspecified atom stereocenters. The molecule has 100 valence electrons. The van der Waals surface area contributed by atoms with Crippen LogP contribution in [0.5, 0.6) is 0 Å². The van der Waals surface area contributed by atoms with Crippen molar-refractivity contribution in [3.63, 3.8) is 0 Å². The molecular formula is C15H19N3S. The number of benzene rings is 1. The Balaban J connectivity index is 1.89. The second kappa shape index (κ2) is 5.61. The van der Waals surface area contributed by atoms with Gasteiger partial charge in [0.2, 0.25) is 4.80 Å². The lowest BCUT2D eigenvalue weighted by atomic mass is 10.2.